The van der Waals surface area contributed by atoms with Crippen molar-refractivity contribution in [2.24, 2.45) is 0 Å². The van der Waals surface area contributed by atoms with E-state index in [2.05, 4.69) is 41.0 Å². The van der Waals surface area contributed by atoms with E-state index in [-0.39, 0.29) is 11.2 Å². The van der Waals surface area contributed by atoms with Gasteiger partial charge in [0.1, 0.15) is 0 Å². The summed E-state index contributed by atoms with van der Waals surface area (Å²) >= 11 is 0. The third kappa shape index (κ3) is 3.80. The molecule has 1 fully saturated rings. The molecular formula is C26H27N5O3. The molecule has 0 saturated carbocycles. The molecule has 0 unspecified atom stereocenters. The van der Waals surface area contributed by atoms with Crippen LogP contribution in [0.15, 0.2) is 59.5 Å². The first-order valence-corrected chi connectivity index (χ1v) is 11.4. The van der Waals surface area contributed by atoms with Crippen LogP contribution in [0.1, 0.15) is 18.4 Å². The second kappa shape index (κ2) is 8.53. The van der Waals surface area contributed by atoms with E-state index < -0.39 is 4.92 Å². The highest BCUT2D eigenvalue weighted by molar-refractivity contribution is 6.05. The van der Waals surface area contributed by atoms with Gasteiger partial charge in [-0.25, -0.2) is 0 Å². The maximum Gasteiger partial charge on any atom is 0.274 e. The Bertz CT molecular complexity index is 1470. The van der Waals surface area contributed by atoms with Crippen LogP contribution in [0.5, 0.6) is 0 Å². The van der Waals surface area contributed by atoms with Crippen LogP contribution in [0.25, 0.3) is 27.5 Å². The molecule has 0 atom stereocenters. The van der Waals surface area contributed by atoms with Gasteiger partial charge in [-0.15, -0.1) is 0 Å². The number of nitro groups is 1. The fourth-order valence-corrected chi connectivity index (χ4v) is 4.93. The molecule has 1 saturated heterocycles. The van der Waals surface area contributed by atoms with E-state index in [0.717, 1.165) is 47.9 Å². The van der Waals surface area contributed by atoms with Crippen LogP contribution >= 0.6 is 0 Å². The first-order valence-electron chi connectivity index (χ1n) is 11.4. The summed E-state index contributed by atoms with van der Waals surface area (Å²) in [6.45, 7) is 3.62. The molecule has 8 nitrogen and oxygen atoms in total. The van der Waals surface area contributed by atoms with Gasteiger partial charge in [0, 0.05) is 59.5 Å². The molecule has 174 valence electrons. The zero-order chi connectivity index (χ0) is 24.0. The van der Waals surface area contributed by atoms with Gasteiger partial charge < -0.3 is 9.80 Å². The van der Waals surface area contributed by atoms with Gasteiger partial charge in [0.2, 0.25) is 0 Å². The Labute approximate surface area is 197 Å². The van der Waals surface area contributed by atoms with Crippen molar-refractivity contribution < 1.29 is 4.92 Å². The van der Waals surface area contributed by atoms with Gasteiger partial charge in [0.15, 0.2) is 0 Å². The summed E-state index contributed by atoms with van der Waals surface area (Å²) in [4.78, 5) is 33.5. The van der Waals surface area contributed by atoms with E-state index in [1.54, 1.807) is 35.9 Å². The lowest BCUT2D eigenvalue weighted by molar-refractivity contribution is -0.385. The number of rotatable bonds is 4. The van der Waals surface area contributed by atoms with Gasteiger partial charge in [-0.2, -0.15) is 0 Å². The predicted molar refractivity (Wildman–Crippen MR) is 135 cm³/mol. The molecule has 5 rings (SSSR count). The summed E-state index contributed by atoms with van der Waals surface area (Å²) in [7, 11) is 4.26. The van der Waals surface area contributed by atoms with Gasteiger partial charge in [-0.05, 0) is 64.2 Å². The summed E-state index contributed by atoms with van der Waals surface area (Å²) < 4.78 is 1.56. The minimum Gasteiger partial charge on any atom is -0.371 e. The third-order valence-corrected chi connectivity index (χ3v) is 6.91. The van der Waals surface area contributed by atoms with E-state index in [1.807, 2.05) is 6.07 Å². The van der Waals surface area contributed by atoms with Crippen molar-refractivity contribution in [3.8, 4) is 5.69 Å². The molecule has 0 radical (unpaired) electrons. The standard InChI is InChI=1S/C26H27N5O3/c1-17-4-6-21(15-24(17)31(33)34)30-25(32)9-5-18-16-27-23-8-7-20(14-22(23)26(18)30)29-12-10-19(11-13-29)28(2)3/h4-9,14-16,19H,10-13H2,1-3H3. The zero-order valence-corrected chi connectivity index (χ0v) is 19.6. The van der Waals surface area contributed by atoms with Crippen LogP contribution < -0.4 is 10.5 Å². The number of aromatic nitrogens is 2. The molecule has 2 aromatic carbocycles. The van der Waals surface area contributed by atoms with Crippen LogP contribution in [0.4, 0.5) is 11.4 Å². The lowest BCUT2D eigenvalue weighted by Crippen LogP contribution is -2.41. The first kappa shape index (κ1) is 22.0. The number of fused-ring (bicyclic) bond motifs is 3. The fourth-order valence-electron chi connectivity index (χ4n) is 4.93. The topological polar surface area (TPSA) is 84.5 Å². The average Bonchev–Trinajstić information content (AvgIpc) is 2.84. The normalized spacial score (nSPS) is 14.9. The summed E-state index contributed by atoms with van der Waals surface area (Å²) in [5.41, 5.74) is 3.35. The lowest BCUT2D eigenvalue weighted by atomic mass is 10.0. The molecule has 1 aliphatic rings. The number of anilines is 1. The number of benzene rings is 2. The molecule has 0 bridgehead atoms. The van der Waals surface area contributed by atoms with Crippen LogP contribution in [-0.4, -0.2) is 52.6 Å². The van der Waals surface area contributed by atoms with Crippen molar-refractivity contribution in [3.05, 3.63) is 80.8 Å². The van der Waals surface area contributed by atoms with E-state index in [4.69, 9.17) is 0 Å². The van der Waals surface area contributed by atoms with Crippen LogP contribution in [0.3, 0.4) is 0 Å². The van der Waals surface area contributed by atoms with E-state index >= 15 is 0 Å². The minimum absolute atomic E-state index is 0.00998. The molecule has 4 aromatic rings. The van der Waals surface area contributed by atoms with Crippen molar-refractivity contribution in [1.82, 2.24) is 14.5 Å². The van der Waals surface area contributed by atoms with Crippen molar-refractivity contribution in [2.75, 3.05) is 32.1 Å². The van der Waals surface area contributed by atoms with Gasteiger partial charge in [-0.1, -0.05) is 6.07 Å². The minimum atomic E-state index is -0.413. The van der Waals surface area contributed by atoms with Gasteiger partial charge in [0.05, 0.1) is 21.6 Å². The monoisotopic (exact) mass is 457 g/mol. The summed E-state index contributed by atoms with van der Waals surface area (Å²) in [5.74, 6) is 0. The SMILES string of the molecule is Cc1ccc(-n2c(=O)ccc3cnc4ccc(N5CCC(N(C)C)CC5)cc4c32)cc1[N+](=O)[O-]. The largest absolute Gasteiger partial charge is 0.371 e. The number of piperidine rings is 1. The fraction of sp³-hybridized carbons (Fsp3) is 0.308. The maximum atomic E-state index is 13.1. The molecule has 1 aliphatic heterocycles. The smallest absolute Gasteiger partial charge is 0.274 e. The van der Waals surface area contributed by atoms with Gasteiger partial charge in [0.25, 0.3) is 11.2 Å². The van der Waals surface area contributed by atoms with Gasteiger partial charge in [-0.3, -0.25) is 24.5 Å². The number of pyridine rings is 2. The predicted octanol–water partition coefficient (Wildman–Crippen LogP) is 4.29. The molecule has 0 amide bonds. The highest BCUT2D eigenvalue weighted by atomic mass is 16.6. The van der Waals surface area contributed by atoms with Gasteiger partial charge >= 0.3 is 0 Å². The first-order chi connectivity index (χ1) is 16.3. The quantitative estimate of drug-likeness (QED) is 0.258. The molecule has 34 heavy (non-hydrogen) atoms. The average molecular weight is 458 g/mol. The number of aryl methyl sites for hydroxylation is 1. The second-order valence-corrected chi connectivity index (χ2v) is 9.18. The van der Waals surface area contributed by atoms with Crippen molar-refractivity contribution in [3.63, 3.8) is 0 Å². The molecular weight excluding hydrogens is 430 g/mol. The molecule has 8 heteroatoms. The molecule has 0 spiro atoms. The number of hydrogen-bond donors (Lipinski definition) is 0. The Morgan fingerprint density at radius 3 is 2.47 bits per heavy atom. The summed E-state index contributed by atoms with van der Waals surface area (Å²) in [6, 6.07) is 14.9. The molecule has 0 N–H and O–H groups in total. The molecule has 3 heterocycles. The Balaban J connectivity index is 1.69. The van der Waals surface area contributed by atoms with Crippen LogP contribution in [-0.2, 0) is 0 Å². The molecule has 0 aliphatic carbocycles. The Morgan fingerprint density at radius 1 is 1.03 bits per heavy atom. The molecule has 2 aromatic heterocycles. The Hall–Kier alpha value is -3.78. The van der Waals surface area contributed by atoms with Crippen molar-refractivity contribution in [2.45, 2.75) is 25.8 Å². The van der Waals surface area contributed by atoms with Crippen molar-refractivity contribution in [1.29, 1.82) is 0 Å². The van der Waals surface area contributed by atoms with E-state index in [1.165, 1.54) is 12.1 Å². The maximum absolute atomic E-state index is 13.1. The summed E-state index contributed by atoms with van der Waals surface area (Å²) in [5, 5.41) is 13.2. The summed E-state index contributed by atoms with van der Waals surface area (Å²) in [6.07, 6.45) is 3.94. The highest BCUT2D eigenvalue weighted by Gasteiger charge is 2.22. The lowest BCUT2D eigenvalue weighted by Gasteiger charge is -2.36. The van der Waals surface area contributed by atoms with Crippen LogP contribution in [0, 0.1) is 17.0 Å². The Kier molecular flexibility index (Phi) is 5.53. The number of hydrogen-bond acceptors (Lipinski definition) is 6. The zero-order valence-electron chi connectivity index (χ0n) is 19.6. The highest BCUT2D eigenvalue weighted by Crippen LogP contribution is 2.31. The number of nitrogens with zero attached hydrogens (tertiary/aromatic N) is 5. The third-order valence-electron chi connectivity index (χ3n) is 6.91. The number of nitro benzene ring substituents is 1. The second-order valence-electron chi connectivity index (χ2n) is 9.18. The van der Waals surface area contributed by atoms with E-state index in [0.29, 0.717) is 22.8 Å². The Morgan fingerprint density at radius 2 is 1.76 bits per heavy atom. The van der Waals surface area contributed by atoms with E-state index in [9.17, 15) is 14.9 Å². The van der Waals surface area contributed by atoms with Crippen LogP contribution in [0.2, 0.25) is 0 Å². The van der Waals surface area contributed by atoms with Crippen molar-refractivity contribution >= 4 is 33.2 Å².